The number of phenolic OH excluding ortho intramolecular Hbond substituents is 1. The molecule has 2 N–H and O–H groups in total. The number of benzene rings is 2. The number of aromatic hydroxyl groups is 1. The Bertz CT molecular complexity index is 671. The Kier molecular flexibility index (Phi) is 9.34. The van der Waals surface area contributed by atoms with Gasteiger partial charge < -0.3 is 15.3 Å². The van der Waals surface area contributed by atoms with Crippen molar-refractivity contribution in [1.29, 1.82) is 0 Å². The Morgan fingerprint density at radius 3 is 2.44 bits per heavy atom. The molecule has 0 atom stereocenters. The fourth-order valence-corrected chi connectivity index (χ4v) is 2.66. The maximum Gasteiger partial charge on any atom is 0.193 e. The second kappa shape index (κ2) is 11.0. The number of hydrogen-bond acceptors (Lipinski definition) is 2. The standard InChI is InChI=1S/C20H27N3O.HI/c1-16-7-4-5-9-18(16)15-23(3)20(21-2)22-14-6-8-17-10-12-19(24)13-11-17;/h4-5,7,9-13,24H,6,8,14-15H2,1-3H3,(H,21,22);1H. The van der Waals surface area contributed by atoms with Crippen LogP contribution in [0.4, 0.5) is 0 Å². The van der Waals surface area contributed by atoms with E-state index < -0.39 is 0 Å². The molecule has 0 saturated heterocycles. The molecule has 136 valence electrons. The van der Waals surface area contributed by atoms with E-state index in [2.05, 4.69) is 53.4 Å². The summed E-state index contributed by atoms with van der Waals surface area (Å²) in [6.45, 7) is 3.84. The van der Waals surface area contributed by atoms with Crippen molar-refractivity contribution in [3.05, 3.63) is 65.2 Å². The Morgan fingerprint density at radius 2 is 1.80 bits per heavy atom. The molecule has 0 saturated carbocycles. The van der Waals surface area contributed by atoms with E-state index in [-0.39, 0.29) is 24.0 Å². The fourth-order valence-electron chi connectivity index (χ4n) is 2.66. The van der Waals surface area contributed by atoms with Gasteiger partial charge in [-0.1, -0.05) is 36.4 Å². The van der Waals surface area contributed by atoms with E-state index in [0.29, 0.717) is 5.75 Å². The molecule has 0 bridgehead atoms. The molecular weight excluding hydrogens is 425 g/mol. The first-order valence-electron chi connectivity index (χ1n) is 8.34. The van der Waals surface area contributed by atoms with Crippen LogP contribution in [-0.2, 0) is 13.0 Å². The second-order valence-electron chi connectivity index (χ2n) is 6.03. The van der Waals surface area contributed by atoms with Gasteiger partial charge in [-0.15, -0.1) is 24.0 Å². The van der Waals surface area contributed by atoms with Crippen LogP contribution in [0, 0.1) is 6.92 Å². The van der Waals surface area contributed by atoms with E-state index >= 15 is 0 Å². The average molecular weight is 453 g/mol. The predicted octanol–water partition coefficient (Wildman–Crippen LogP) is 3.96. The van der Waals surface area contributed by atoms with Gasteiger partial charge in [-0.3, -0.25) is 4.99 Å². The third-order valence-electron chi connectivity index (χ3n) is 4.10. The SMILES string of the molecule is CN=C(NCCCc1ccc(O)cc1)N(C)Cc1ccccc1C.I. The van der Waals surface area contributed by atoms with Crippen molar-refractivity contribution in [2.24, 2.45) is 4.99 Å². The highest BCUT2D eigenvalue weighted by atomic mass is 127. The van der Waals surface area contributed by atoms with Crippen molar-refractivity contribution in [3.63, 3.8) is 0 Å². The Balaban J connectivity index is 0.00000312. The summed E-state index contributed by atoms with van der Waals surface area (Å²) in [7, 11) is 3.87. The molecule has 0 radical (unpaired) electrons. The van der Waals surface area contributed by atoms with Crippen molar-refractivity contribution in [2.75, 3.05) is 20.6 Å². The molecule has 25 heavy (non-hydrogen) atoms. The molecule has 0 heterocycles. The fraction of sp³-hybridized carbons (Fsp3) is 0.350. The van der Waals surface area contributed by atoms with Gasteiger partial charge in [-0.2, -0.15) is 0 Å². The zero-order chi connectivity index (χ0) is 17.4. The third-order valence-corrected chi connectivity index (χ3v) is 4.10. The van der Waals surface area contributed by atoms with Crippen LogP contribution in [-0.4, -0.2) is 36.6 Å². The summed E-state index contributed by atoms with van der Waals surface area (Å²) in [6.07, 6.45) is 1.99. The number of phenols is 1. The lowest BCUT2D eigenvalue weighted by Gasteiger charge is -2.23. The van der Waals surface area contributed by atoms with E-state index in [4.69, 9.17) is 0 Å². The van der Waals surface area contributed by atoms with Gasteiger partial charge in [0.2, 0.25) is 0 Å². The Hall–Kier alpha value is -1.76. The first-order chi connectivity index (χ1) is 11.6. The lowest BCUT2D eigenvalue weighted by molar-refractivity contribution is 0.474. The van der Waals surface area contributed by atoms with Crippen LogP contribution in [0.2, 0.25) is 0 Å². The van der Waals surface area contributed by atoms with Crippen molar-refractivity contribution in [3.8, 4) is 5.75 Å². The number of nitrogens with zero attached hydrogens (tertiary/aromatic N) is 2. The summed E-state index contributed by atoms with van der Waals surface area (Å²) in [6, 6.07) is 15.8. The van der Waals surface area contributed by atoms with Crippen LogP contribution < -0.4 is 5.32 Å². The van der Waals surface area contributed by atoms with Gasteiger partial charge >= 0.3 is 0 Å². The molecule has 0 aromatic heterocycles. The number of hydrogen-bond donors (Lipinski definition) is 2. The normalized spacial score (nSPS) is 10.9. The molecule has 2 rings (SSSR count). The van der Waals surface area contributed by atoms with E-state index in [0.717, 1.165) is 31.9 Å². The van der Waals surface area contributed by atoms with E-state index in [1.165, 1.54) is 16.7 Å². The lowest BCUT2D eigenvalue weighted by atomic mass is 10.1. The first kappa shape index (κ1) is 21.3. The van der Waals surface area contributed by atoms with Gasteiger partial charge in [-0.25, -0.2) is 0 Å². The average Bonchev–Trinajstić information content (AvgIpc) is 2.58. The number of rotatable bonds is 6. The number of aliphatic imine (C=N–C) groups is 1. The van der Waals surface area contributed by atoms with Gasteiger partial charge in [-0.05, 0) is 48.6 Å². The van der Waals surface area contributed by atoms with Crippen LogP contribution in [0.1, 0.15) is 23.1 Å². The van der Waals surface area contributed by atoms with Crippen LogP contribution >= 0.6 is 24.0 Å². The van der Waals surface area contributed by atoms with Crippen molar-refractivity contribution < 1.29 is 5.11 Å². The van der Waals surface area contributed by atoms with Crippen molar-refractivity contribution in [2.45, 2.75) is 26.3 Å². The second-order valence-corrected chi connectivity index (χ2v) is 6.03. The monoisotopic (exact) mass is 453 g/mol. The third kappa shape index (κ3) is 6.94. The summed E-state index contributed by atoms with van der Waals surface area (Å²) < 4.78 is 0. The molecule has 0 spiro atoms. The molecule has 5 heteroatoms. The van der Waals surface area contributed by atoms with Crippen molar-refractivity contribution >= 4 is 29.9 Å². The molecule has 0 unspecified atom stereocenters. The molecule has 0 amide bonds. The Morgan fingerprint density at radius 1 is 1.12 bits per heavy atom. The number of nitrogens with one attached hydrogen (secondary N) is 1. The topological polar surface area (TPSA) is 47.9 Å². The molecule has 0 aliphatic carbocycles. The summed E-state index contributed by atoms with van der Waals surface area (Å²) in [5.41, 5.74) is 3.84. The number of halogens is 1. The van der Waals surface area contributed by atoms with Gasteiger partial charge in [0.05, 0.1) is 0 Å². The highest BCUT2D eigenvalue weighted by Gasteiger charge is 2.07. The zero-order valence-electron chi connectivity index (χ0n) is 15.2. The molecule has 0 aliphatic rings. The Labute approximate surface area is 168 Å². The lowest BCUT2D eigenvalue weighted by Crippen LogP contribution is -2.39. The van der Waals surface area contributed by atoms with Crippen LogP contribution in [0.5, 0.6) is 5.75 Å². The summed E-state index contributed by atoms with van der Waals surface area (Å²) in [5, 5.41) is 12.7. The first-order valence-corrected chi connectivity index (χ1v) is 8.34. The molecular formula is C20H28IN3O. The quantitative estimate of drug-likeness (QED) is 0.301. The van der Waals surface area contributed by atoms with E-state index in [9.17, 15) is 5.11 Å². The molecule has 0 aliphatic heterocycles. The van der Waals surface area contributed by atoms with E-state index in [1.54, 1.807) is 12.1 Å². The van der Waals surface area contributed by atoms with Crippen LogP contribution in [0.15, 0.2) is 53.5 Å². The minimum absolute atomic E-state index is 0. The highest BCUT2D eigenvalue weighted by Crippen LogP contribution is 2.11. The maximum atomic E-state index is 9.30. The van der Waals surface area contributed by atoms with Gasteiger partial charge in [0, 0.05) is 27.2 Å². The number of guanidine groups is 1. The maximum absolute atomic E-state index is 9.30. The molecule has 0 fully saturated rings. The largest absolute Gasteiger partial charge is 0.508 e. The molecule has 2 aromatic rings. The smallest absolute Gasteiger partial charge is 0.193 e. The zero-order valence-corrected chi connectivity index (χ0v) is 17.5. The minimum Gasteiger partial charge on any atom is -0.508 e. The minimum atomic E-state index is 0. The highest BCUT2D eigenvalue weighted by molar-refractivity contribution is 14.0. The predicted molar refractivity (Wildman–Crippen MR) is 116 cm³/mol. The summed E-state index contributed by atoms with van der Waals surface area (Å²) >= 11 is 0. The summed E-state index contributed by atoms with van der Waals surface area (Å²) in [5.74, 6) is 1.22. The van der Waals surface area contributed by atoms with Gasteiger partial charge in [0.1, 0.15) is 5.75 Å². The van der Waals surface area contributed by atoms with Crippen LogP contribution in [0.25, 0.3) is 0 Å². The van der Waals surface area contributed by atoms with Crippen LogP contribution in [0.3, 0.4) is 0 Å². The van der Waals surface area contributed by atoms with Crippen molar-refractivity contribution in [1.82, 2.24) is 10.2 Å². The van der Waals surface area contributed by atoms with Gasteiger partial charge in [0.25, 0.3) is 0 Å². The van der Waals surface area contributed by atoms with E-state index in [1.807, 2.05) is 19.2 Å². The summed E-state index contributed by atoms with van der Waals surface area (Å²) in [4.78, 5) is 6.51. The molecule has 2 aromatic carbocycles. The number of aryl methyl sites for hydroxylation is 2. The van der Waals surface area contributed by atoms with Gasteiger partial charge in [0.15, 0.2) is 5.96 Å². The molecule has 4 nitrogen and oxygen atoms in total.